The van der Waals surface area contributed by atoms with Crippen LogP contribution in [0.3, 0.4) is 0 Å². The number of nitrogens with zero attached hydrogens (tertiary/aromatic N) is 1. The van der Waals surface area contributed by atoms with Crippen molar-refractivity contribution in [1.82, 2.24) is 9.97 Å². The molecule has 2 heterocycles. The molecule has 0 saturated carbocycles. The van der Waals surface area contributed by atoms with Crippen LogP contribution in [0.2, 0.25) is 0 Å². The zero-order chi connectivity index (χ0) is 16.9. The van der Waals surface area contributed by atoms with E-state index in [4.69, 9.17) is 0 Å². The summed E-state index contributed by atoms with van der Waals surface area (Å²) < 4.78 is 42.3. The number of hydrogen-bond donors (Lipinski definition) is 2. The Hall–Kier alpha value is -2.38. The summed E-state index contributed by atoms with van der Waals surface area (Å²) in [6.45, 7) is 0. The van der Waals surface area contributed by atoms with Crippen LogP contribution in [0.5, 0.6) is 0 Å². The van der Waals surface area contributed by atoms with E-state index < -0.39 is 11.8 Å². The van der Waals surface area contributed by atoms with E-state index in [0.717, 1.165) is 11.3 Å². The first kappa shape index (κ1) is 15.2. The number of aliphatic hydroxyl groups is 1. The number of fused-ring (bicyclic) bond motifs is 2. The van der Waals surface area contributed by atoms with Crippen molar-refractivity contribution in [2.45, 2.75) is 11.8 Å². The smallest absolute Gasteiger partial charge is 0.370 e. The first-order valence-corrected chi connectivity index (χ1v) is 7.94. The molecular weight excluding hydrogens is 337 g/mol. The molecule has 0 spiro atoms. The van der Waals surface area contributed by atoms with E-state index in [-0.39, 0.29) is 10.6 Å². The van der Waals surface area contributed by atoms with Gasteiger partial charge < -0.3 is 10.1 Å². The van der Waals surface area contributed by atoms with Crippen LogP contribution in [0, 0.1) is 0 Å². The number of para-hydroxylation sites is 2. The van der Waals surface area contributed by atoms with Crippen LogP contribution < -0.4 is 0 Å². The maximum Gasteiger partial charge on any atom is 0.428 e. The molecule has 0 aliphatic carbocycles. The van der Waals surface area contributed by atoms with Crippen LogP contribution in [-0.2, 0) is 5.60 Å². The number of rotatable bonds is 2. The van der Waals surface area contributed by atoms with Gasteiger partial charge in [0, 0.05) is 22.7 Å². The van der Waals surface area contributed by atoms with Crippen molar-refractivity contribution >= 4 is 32.5 Å². The number of hydrogen-bond acceptors (Lipinski definition) is 3. The zero-order valence-corrected chi connectivity index (χ0v) is 12.9. The molecule has 2 aromatic heterocycles. The quantitative estimate of drug-likeness (QED) is 0.557. The number of nitrogens with one attached hydrogen (secondary N) is 1. The van der Waals surface area contributed by atoms with Crippen LogP contribution >= 0.6 is 11.3 Å². The maximum absolute atomic E-state index is 13.9. The molecular formula is C17H11F3N2OS. The second kappa shape index (κ2) is 5.06. The predicted molar refractivity (Wildman–Crippen MR) is 87.0 cm³/mol. The number of aromatic amines is 1. The molecule has 0 bridgehead atoms. The minimum atomic E-state index is -4.91. The van der Waals surface area contributed by atoms with Crippen molar-refractivity contribution in [2.24, 2.45) is 0 Å². The summed E-state index contributed by atoms with van der Waals surface area (Å²) in [4.78, 5) is 6.83. The van der Waals surface area contributed by atoms with Crippen LogP contribution in [0.4, 0.5) is 13.2 Å². The van der Waals surface area contributed by atoms with Gasteiger partial charge in [0.05, 0.1) is 10.2 Å². The van der Waals surface area contributed by atoms with Crippen LogP contribution in [-0.4, -0.2) is 21.3 Å². The summed E-state index contributed by atoms with van der Waals surface area (Å²) in [5, 5.41) is 10.7. The maximum atomic E-state index is 13.9. The van der Waals surface area contributed by atoms with Gasteiger partial charge >= 0.3 is 6.18 Å². The molecule has 1 atom stereocenters. The number of halogens is 3. The van der Waals surface area contributed by atoms with Gasteiger partial charge in [-0.05, 0) is 18.2 Å². The van der Waals surface area contributed by atoms with Gasteiger partial charge in [0.25, 0.3) is 0 Å². The third-order valence-electron chi connectivity index (χ3n) is 3.99. The highest BCUT2D eigenvalue weighted by molar-refractivity contribution is 7.18. The van der Waals surface area contributed by atoms with Crippen molar-refractivity contribution in [3.63, 3.8) is 0 Å². The summed E-state index contributed by atoms with van der Waals surface area (Å²) in [5.74, 6) is 0. The standard InChI is InChI=1S/C17H11F3N2OS/c18-17(19,20)16(23,11-9-21-12-6-2-1-5-10(11)12)15-22-13-7-3-4-8-14(13)24-15/h1-9,21,23H/t16-/m0/s1. The normalized spacial score (nSPS) is 15.0. The highest BCUT2D eigenvalue weighted by atomic mass is 32.1. The molecule has 0 radical (unpaired) electrons. The lowest BCUT2D eigenvalue weighted by Crippen LogP contribution is -2.43. The molecule has 4 rings (SSSR count). The van der Waals surface area contributed by atoms with Gasteiger partial charge in [-0.2, -0.15) is 13.2 Å². The monoisotopic (exact) mass is 348 g/mol. The Balaban J connectivity index is 2.03. The Morgan fingerprint density at radius 3 is 2.46 bits per heavy atom. The third kappa shape index (κ3) is 2.05. The Morgan fingerprint density at radius 2 is 1.71 bits per heavy atom. The zero-order valence-electron chi connectivity index (χ0n) is 12.1. The number of aromatic nitrogens is 2. The predicted octanol–water partition coefficient (Wildman–Crippen LogP) is 4.58. The Morgan fingerprint density at radius 1 is 1.00 bits per heavy atom. The number of benzene rings is 2. The van der Waals surface area contributed by atoms with E-state index in [2.05, 4.69) is 9.97 Å². The Labute approximate surface area is 138 Å². The molecule has 0 aliphatic rings. The SMILES string of the molecule is O[C@](c1nc2ccccc2s1)(c1c[nH]c2ccccc12)C(F)(F)F. The molecule has 3 nitrogen and oxygen atoms in total. The van der Waals surface area contributed by atoms with Crippen molar-refractivity contribution in [3.05, 3.63) is 65.3 Å². The van der Waals surface area contributed by atoms with Crippen LogP contribution in [0.15, 0.2) is 54.7 Å². The fourth-order valence-electron chi connectivity index (χ4n) is 2.79. The van der Waals surface area contributed by atoms with Crippen LogP contribution in [0.1, 0.15) is 10.6 Å². The molecule has 2 N–H and O–H groups in total. The lowest BCUT2D eigenvalue weighted by molar-refractivity contribution is -0.247. The average molecular weight is 348 g/mol. The fourth-order valence-corrected chi connectivity index (χ4v) is 3.88. The summed E-state index contributed by atoms with van der Waals surface area (Å²) >= 11 is 0.843. The van der Waals surface area contributed by atoms with Gasteiger partial charge in [-0.15, -0.1) is 11.3 Å². The molecule has 122 valence electrons. The van der Waals surface area contributed by atoms with Crippen molar-refractivity contribution in [2.75, 3.05) is 0 Å². The summed E-state index contributed by atoms with van der Waals surface area (Å²) in [7, 11) is 0. The fraction of sp³-hybridized carbons (Fsp3) is 0.118. The number of alkyl halides is 3. The number of thiazole rings is 1. The van der Waals surface area contributed by atoms with Crippen molar-refractivity contribution < 1.29 is 18.3 Å². The van der Waals surface area contributed by atoms with Gasteiger partial charge in [0.15, 0.2) is 0 Å². The van der Waals surface area contributed by atoms with E-state index in [1.165, 1.54) is 6.20 Å². The number of H-pyrrole nitrogens is 1. The molecule has 4 aromatic rings. The molecule has 24 heavy (non-hydrogen) atoms. The minimum absolute atomic E-state index is 0.246. The van der Waals surface area contributed by atoms with E-state index in [1.807, 2.05) is 0 Å². The molecule has 7 heteroatoms. The van der Waals surface area contributed by atoms with Gasteiger partial charge in [-0.1, -0.05) is 30.3 Å². The molecule has 0 aliphatic heterocycles. The summed E-state index contributed by atoms with van der Waals surface area (Å²) in [6.07, 6.45) is -3.71. The van der Waals surface area contributed by atoms with Gasteiger partial charge in [-0.3, -0.25) is 0 Å². The average Bonchev–Trinajstić information content (AvgIpc) is 3.17. The van der Waals surface area contributed by atoms with Crippen molar-refractivity contribution in [1.29, 1.82) is 0 Å². The summed E-state index contributed by atoms with van der Waals surface area (Å²) in [6, 6.07) is 13.3. The Bertz CT molecular complexity index is 1000. The van der Waals surface area contributed by atoms with E-state index >= 15 is 0 Å². The highest BCUT2D eigenvalue weighted by Crippen LogP contribution is 2.48. The van der Waals surface area contributed by atoms with E-state index in [1.54, 1.807) is 48.5 Å². The van der Waals surface area contributed by atoms with Gasteiger partial charge in [0.2, 0.25) is 5.60 Å². The molecule has 0 amide bonds. The van der Waals surface area contributed by atoms with Gasteiger partial charge in [-0.25, -0.2) is 4.98 Å². The van der Waals surface area contributed by atoms with Crippen molar-refractivity contribution in [3.8, 4) is 0 Å². The molecule has 0 fully saturated rings. The Kier molecular flexibility index (Phi) is 3.20. The molecule has 0 saturated heterocycles. The van der Waals surface area contributed by atoms with E-state index in [0.29, 0.717) is 21.1 Å². The van der Waals surface area contributed by atoms with Gasteiger partial charge in [0.1, 0.15) is 5.01 Å². The molecule has 0 unspecified atom stereocenters. The first-order valence-electron chi connectivity index (χ1n) is 7.13. The second-order valence-electron chi connectivity index (χ2n) is 5.44. The lowest BCUT2D eigenvalue weighted by Gasteiger charge is -2.28. The second-order valence-corrected chi connectivity index (χ2v) is 6.47. The van der Waals surface area contributed by atoms with Crippen LogP contribution in [0.25, 0.3) is 21.1 Å². The molecule has 2 aromatic carbocycles. The lowest BCUT2D eigenvalue weighted by atomic mass is 9.93. The van der Waals surface area contributed by atoms with E-state index in [9.17, 15) is 18.3 Å². The first-order chi connectivity index (χ1) is 11.4. The minimum Gasteiger partial charge on any atom is -0.370 e. The summed E-state index contributed by atoms with van der Waals surface area (Å²) in [5.41, 5.74) is -2.46. The highest BCUT2D eigenvalue weighted by Gasteiger charge is 2.59. The largest absolute Gasteiger partial charge is 0.428 e. The third-order valence-corrected chi connectivity index (χ3v) is 5.14. The topological polar surface area (TPSA) is 48.9 Å².